The third-order valence-corrected chi connectivity index (χ3v) is 15.0. The van der Waals surface area contributed by atoms with Crippen molar-refractivity contribution in [2.24, 2.45) is 0 Å². The van der Waals surface area contributed by atoms with Crippen LogP contribution in [-0.2, 0) is 65.4 Å². The van der Waals surface area contributed by atoms with E-state index < -0.39 is 97.5 Å². The molecule has 3 N–H and O–H groups in total. The second-order valence-corrected chi connectivity index (χ2v) is 23.6. The Hall–Kier alpha value is -1.94. The van der Waals surface area contributed by atoms with E-state index in [0.717, 1.165) is 122 Å². The number of carbonyl (C=O) groups excluding carboxylic acids is 4. The van der Waals surface area contributed by atoms with Crippen LogP contribution in [0.4, 0.5) is 0 Å². The molecule has 0 amide bonds. The van der Waals surface area contributed by atoms with Gasteiger partial charge in [0.25, 0.3) is 0 Å². The van der Waals surface area contributed by atoms with Crippen molar-refractivity contribution < 1.29 is 80.2 Å². The van der Waals surface area contributed by atoms with Gasteiger partial charge < -0.3 is 33.8 Å². The summed E-state index contributed by atoms with van der Waals surface area (Å²) in [6.45, 7) is 4.67. The molecule has 0 aromatic rings. The molecule has 76 heavy (non-hydrogen) atoms. The van der Waals surface area contributed by atoms with E-state index in [9.17, 15) is 43.2 Å². The number of phosphoric ester groups is 2. The molecule has 2 unspecified atom stereocenters. The Morgan fingerprint density at radius 2 is 0.526 bits per heavy atom. The summed E-state index contributed by atoms with van der Waals surface area (Å²) in [5.41, 5.74) is 0. The minimum Gasteiger partial charge on any atom is -0.462 e. The quantitative estimate of drug-likeness (QED) is 0.0222. The van der Waals surface area contributed by atoms with Crippen LogP contribution in [0.2, 0.25) is 0 Å². The molecule has 0 aliphatic carbocycles. The number of unbranched alkanes of at least 4 members (excludes halogenated alkanes) is 32. The Morgan fingerprint density at radius 1 is 0.316 bits per heavy atom. The first kappa shape index (κ1) is 74.1. The maximum atomic E-state index is 12.9. The highest BCUT2D eigenvalue weighted by atomic mass is 31.2. The van der Waals surface area contributed by atoms with Gasteiger partial charge in [-0.05, 0) is 25.7 Å². The molecule has 450 valence electrons. The smallest absolute Gasteiger partial charge is 0.462 e. The van der Waals surface area contributed by atoms with Gasteiger partial charge in [0.1, 0.15) is 19.3 Å². The summed E-state index contributed by atoms with van der Waals surface area (Å²) < 4.78 is 67.3. The average molecular weight is 1130 g/mol. The fraction of sp³-hybridized carbons (Fsp3) is 0.930. The fourth-order valence-electron chi connectivity index (χ4n) is 8.40. The summed E-state index contributed by atoms with van der Waals surface area (Å²) in [6.07, 6.45) is 35.5. The van der Waals surface area contributed by atoms with Gasteiger partial charge >= 0.3 is 39.5 Å². The van der Waals surface area contributed by atoms with Crippen LogP contribution in [0.1, 0.15) is 285 Å². The lowest BCUT2D eigenvalue weighted by molar-refractivity contribution is -0.161. The van der Waals surface area contributed by atoms with Gasteiger partial charge in [0.15, 0.2) is 12.2 Å². The number of ether oxygens (including phenoxy) is 4. The van der Waals surface area contributed by atoms with Gasteiger partial charge in [-0.3, -0.25) is 37.3 Å². The van der Waals surface area contributed by atoms with Crippen molar-refractivity contribution in [3.8, 4) is 0 Å². The third-order valence-electron chi connectivity index (χ3n) is 13.1. The fourth-order valence-corrected chi connectivity index (χ4v) is 9.98. The van der Waals surface area contributed by atoms with E-state index in [4.69, 9.17) is 37.0 Å². The monoisotopic (exact) mass is 1130 g/mol. The molecule has 0 saturated heterocycles. The van der Waals surface area contributed by atoms with Crippen LogP contribution >= 0.6 is 15.6 Å². The van der Waals surface area contributed by atoms with Crippen molar-refractivity contribution in [2.75, 3.05) is 39.6 Å². The molecule has 0 radical (unpaired) electrons. The highest BCUT2D eigenvalue weighted by Crippen LogP contribution is 2.45. The van der Waals surface area contributed by atoms with Crippen molar-refractivity contribution in [1.29, 1.82) is 0 Å². The van der Waals surface area contributed by atoms with Gasteiger partial charge in [-0.2, -0.15) is 0 Å². The molecule has 19 heteroatoms. The topological polar surface area (TPSA) is 237 Å². The number of phosphoric acid groups is 2. The normalized spacial score (nSPS) is 14.4. The molecule has 0 spiro atoms. The van der Waals surface area contributed by atoms with Crippen LogP contribution in [0.5, 0.6) is 0 Å². The van der Waals surface area contributed by atoms with Crippen molar-refractivity contribution in [3.63, 3.8) is 0 Å². The maximum absolute atomic E-state index is 12.9. The second-order valence-electron chi connectivity index (χ2n) is 20.7. The summed E-state index contributed by atoms with van der Waals surface area (Å²) in [5, 5.41) is 10.4. The zero-order valence-electron chi connectivity index (χ0n) is 48.2. The van der Waals surface area contributed by atoms with E-state index in [1.807, 2.05) is 0 Å². The van der Waals surface area contributed by atoms with Crippen molar-refractivity contribution >= 4 is 39.5 Å². The Balaban J connectivity index is 5.07. The molecule has 0 bridgehead atoms. The highest BCUT2D eigenvalue weighted by Gasteiger charge is 2.30. The van der Waals surface area contributed by atoms with Crippen LogP contribution in [-0.4, -0.2) is 96.7 Å². The van der Waals surface area contributed by atoms with E-state index in [-0.39, 0.29) is 25.7 Å². The van der Waals surface area contributed by atoms with Gasteiger partial charge in [-0.1, -0.05) is 233 Å². The Kier molecular flexibility index (Phi) is 51.1. The Bertz CT molecular complexity index is 1490. The first-order chi connectivity index (χ1) is 36.7. The number of aliphatic hydroxyl groups excluding tert-OH is 1. The average Bonchev–Trinajstić information content (AvgIpc) is 3.39. The summed E-state index contributed by atoms with van der Waals surface area (Å²) >= 11 is 0. The number of esters is 4. The number of aliphatic hydroxyl groups is 1. The molecule has 17 nitrogen and oxygen atoms in total. The molecule has 0 heterocycles. The van der Waals surface area contributed by atoms with E-state index in [0.29, 0.717) is 25.7 Å². The minimum atomic E-state index is -4.93. The van der Waals surface area contributed by atoms with E-state index in [1.54, 1.807) is 0 Å². The molecule has 0 rings (SSSR count). The Labute approximate surface area is 460 Å². The molecule has 0 aromatic heterocycles. The predicted molar refractivity (Wildman–Crippen MR) is 299 cm³/mol. The first-order valence-corrected chi connectivity index (χ1v) is 33.3. The molecule has 0 fully saturated rings. The highest BCUT2D eigenvalue weighted by molar-refractivity contribution is 7.47. The molecule has 0 aliphatic heterocycles. The summed E-state index contributed by atoms with van der Waals surface area (Å²) in [4.78, 5) is 71.4. The summed E-state index contributed by atoms with van der Waals surface area (Å²) in [5.74, 6) is -2.16. The Morgan fingerprint density at radius 3 is 0.776 bits per heavy atom. The first-order valence-electron chi connectivity index (χ1n) is 30.3. The van der Waals surface area contributed by atoms with Gasteiger partial charge in [0.05, 0.1) is 26.4 Å². The minimum absolute atomic E-state index is 0.103. The zero-order valence-corrected chi connectivity index (χ0v) is 50.0. The summed E-state index contributed by atoms with van der Waals surface area (Å²) in [6, 6.07) is 0. The van der Waals surface area contributed by atoms with Gasteiger partial charge in [-0.15, -0.1) is 0 Å². The van der Waals surface area contributed by atoms with Gasteiger partial charge in [-0.25, -0.2) is 9.13 Å². The molecular weight excluding hydrogens is 1020 g/mol. The third kappa shape index (κ3) is 51.5. The maximum Gasteiger partial charge on any atom is 0.472 e. The molecular formula is C57H110O17P2. The van der Waals surface area contributed by atoms with Crippen LogP contribution in [0.15, 0.2) is 0 Å². The van der Waals surface area contributed by atoms with E-state index in [1.165, 1.54) is 83.5 Å². The van der Waals surface area contributed by atoms with Gasteiger partial charge in [0, 0.05) is 25.7 Å². The van der Waals surface area contributed by atoms with Crippen LogP contribution < -0.4 is 0 Å². The standard InChI is InChI=1S/C57H110O17P2/c1-5-9-13-17-20-21-22-23-24-25-26-27-28-29-32-36-40-44-57(62)74-53(48-68-55(60)42-38-34-30-18-14-10-6-2)50-72-76(65,66)70-46-51(58)45-69-75(63,64)71-49-52(47-67-54(59)41-37-33-16-12-8-4)73-56(61)43-39-35-31-19-15-11-7-3/h51-53,58H,5-50H2,1-4H3,(H,63,64)(H,65,66)/t51-,52+,53+/m0/s1. The molecule has 0 aromatic carbocycles. The molecule has 0 saturated carbocycles. The lowest BCUT2D eigenvalue weighted by atomic mass is 10.0. The predicted octanol–water partition coefficient (Wildman–Crippen LogP) is 15.2. The lowest BCUT2D eigenvalue weighted by Gasteiger charge is -2.21. The van der Waals surface area contributed by atoms with Gasteiger partial charge in [0.2, 0.25) is 0 Å². The largest absolute Gasteiger partial charge is 0.472 e. The van der Waals surface area contributed by atoms with Crippen molar-refractivity contribution in [2.45, 2.75) is 303 Å². The van der Waals surface area contributed by atoms with Crippen LogP contribution in [0.25, 0.3) is 0 Å². The van der Waals surface area contributed by atoms with Crippen LogP contribution in [0.3, 0.4) is 0 Å². The van der Waals surface area contributed by atoms with E-state index in [2.05, 4.69) is 27.7 Å². The zero-order chi connectivity index (χ0) is 56.2. The number of hydrogen-bond donors (Lipinski definition) is 3. The van der Waals surface area contributed by atoms with Crippen LogP contribution in [0, 0.1) is 0 Å². The number of hydrogen-bond acceptors (Lipinski definition) is 15. The number of carbonyl (C=O) groups is 4. The lowest BCUT2D eigenvalue weighted by Crippen LogP contribution is -2.30. The van der Waals surface area contributed by atoms with Crippen molar-refractivity contribution in [3.05, 3.63) is 0 Å². The molecule has 5 atom stereocenters. The SMILES string of the molecule is CCCCCCCCCCCCCCCCCCCC(=O)O[C@H](COC(=O)CCCCCCCCC)COP(=O)(O)OC[C@@H](O)COP(=O)(O)OC[C@@H](COC(=O)CCCCCCC)OC(=O)CCCCCCCCC. The van der Waals surface area contributed by atoms with E-state index >= 15 is 0 Å². The second kappa shape index (κ2) is 52.4. The summed E-state index contributed by atoms with van der Waals surface area (Å²) in [7, 11) is -9.85. The van der Waals surface area contributed by atoms with Crippen molar-refractivity contribution in [1.82, 2.24) is 0 Å². The molecule has 0 aliphatic rings. The number of rotatable bonds is 58.